The fourth-order valence-corrected chi connectivity index (χ4v) is 3.75. The van der Waals surface area contributed by atoms with E-state index in [0.717, 1.165) is 31.6 Å². The molecule has 1 heterocycles. The monoisotopic (exact) mass is 305 g/mol. The fourth-order valence-electron chi connectivity index (χ4n) is 3.75. The van der Waals surface area contributed by atoms with Crippen LogP contribution in [-0.2, 0) is 5.54 Å². The van der Waals surface area contributed by atoms with Crippen LogP contribution in [0.1, 0.15) is 54.8 Å². The Bertz CT molecular complexity index is 876. The first kappa shape index (κ1) is 13.3. The summed E-state index contributed by atoms with van der Waals surface area (Å²) in [7, 11) is 0. The highest BCUT2D eigenvalue weighted by molar-refractivity contribution is 5.86. The average molecular weight is 305 g/mol. The quantitative estimate of drug-likeness (QED) is 0.798. The summed E-state index contributed by atoms with van der Waals surface area (Å²) in [5, 5.41) is 6.77. The third-order valence-corrected chi connectivity index (χ3v) is 5.46. The number of rotatable bonds is 3. The Morgan fingerprint density at radius 2 is 1.87 bits per heavy atom. The first-order valence-corrected chi connectivity index (χ1v) is 8.35. The summed E-state index contributed by atoms with van der Waals surface area (Å²) in [4.78, 5) is 4.62. The lowest BCUT2D eigenvalue weighted by molar-refractivity contribution is 0.229. The largest absolute Gasteiger partial charge is 0.339 e. The van der Waals surface area contributed by atoms with Gasteiger partial charge < -0.3 is 10.3 Å². The second-order valence-electron chi connectivity index (χ2n) is 6.98. The molecule has 5 rings (SSSR count). The molecule has 4 nitrogen and oxygen atoms in total. The molecule has 2 unspecified atom stereocenters. The molecule has 1 aromatic heterocycles. The highest BCUT2D eigenvalue weighted by atomic mass is 16.5. The highest BCUT2D eigenvalue weighted by Crippen LogP contribution is 2.55. The Balaban J connectivity index is 1.45. The Labute approximate surface area is 134 Å². The van der Waals surface area contributed by atoms with Crippen molar-refractivity contribution in [3.05, 3.63) is 59.7 Å². The first-order chi connectivity index (χ1) is 11.2. The highest BCUT2D eigenvalue weighted by Gasteiger charge is 2.46. The van der Waals surface area contributed by atoms with Gasteiger partial charge in [0.15, 0.2) is 5.82 Å². The van der Waals surface area contributed by atoms with E-state index in [-0.39, 0.29) is 5.54 Å². The van der Waals surface area contributed by atoms with E-state index in [9.17, 15) is 0 Å². The van der Waals surface area contributed by atoms with Gasteiger partial charge in [-0.3, -0.25) is 0 Å². The minimum Gasteiger partial charge on any atom is -0.339 e. The number of nitrogens with two attached hydrogens (primary N) is 1. The molecule has 116 valence electrons. The van der Waals surface area contributed by atoms with Crippen molar-refractivity contribution in [1.29, 1.82) is 0 Å². The lowest BCUT2D eigenvalue weighted by atomic mass is 9.77. The zero-order chi connectivity index (χ0) is 15.4. The van der Waals surface area contributed by atoms with Crippen LogP contribution >= 0.6 is 0 Å². The molecule has 3 aromatic rings. The van der Waals surface area contributed by atoms with Crippen LogP contribution in [0.4, 0.5) is 0 Å². The van der Waals surface area contributed by atoms with Gasteiger partial charge in [-0.15, -0.1) is 0 Å². The van der Waals surface area contributed by atoms with Gasteiger partial charge in [-0.2, -0.15) is 4.98 Å². The maximum absolute atomic E-state index is 6.29. The summed E-state index contributed by atoms with van der Waals surface area (Å²) >= 11 is 0. The fraction of sp³-hybridized carbons (Fsp3) is 0.368. The first-order valence-electron chi connectivity index (χ1n) is 8.35. The van der Waals surface area contributed by atoms with Crippen molar-refractivity contribution in [3.8, 4) is 0 Å². The van der Waals surface area contributed by atoms with Gasteiger partial charge in [0.05, 0.1) is 5.54 Å². The van der Waals surface area contributed by atoms with Crippen molar-refractivity contribution >= 4 is 10.8 Å². The third kappa shape index (κ3) is 2.01. The van der Waals surface area contributed by atoms with E-state index in [1.807, 2.05) is 0 Å². The lowest BCUT2D eigenvalue weighted by Crippen LogP contribution is -2.44. The van der Waals surface area contributed by atoms with Gasteiger partial charge in [0.25, 0.3) is 0 Å². The number of aromatic nitrogens is 2. The van der Waals surface area contributed by atoms with Crippen molar-refractivity contribution in [2.75, 3.05) is 0 Å². The molecule has 0 amide bonds. The summed E-state index contributed by atoms with van der Waals surface area (Å²) in [5.74, 6) is 2.27. The molecule has 2 atom stereocenters. The lowest BCUT2D eigenvalue weighted by Gasteiger charge is -2.34. The number of hydrogen-bond donors (Lipinski definition) is 1. The normalized spacial score (nSPS) is 25.3. The zero-order valence-corrected chi connectivity index (χ0v) is 12.9. The molecule has 2 N–H and O–H groups in total. The number of fused-ring (bicyclic) bond motifs is 1. The molecule has 4 heteroatoms. The molecule has 2 aliphatic carbocycles. The molecule has 23 heavy (non-hydrogen) atoms. The Morgan fingerprint density at radius 1 is 1.04 bits per heavy atom. The SMILES string of the molecule is NC1(c2noc(C3CC3c3cccc4ccccc34)n2)CCC1. The maximum Gasteiger partial charge on any atom is 0.230 e. The van der Waals surface area contributed by atoms with Crippen LogP contribution in [0, 0.1) is 0 Å². The molecule has 0 bridgehead atoms. The zero-order valence-electron chi connectivity index (χ0n) is 12.9. The topological polar surface area (TPSA) is 64.9 Å². The number of hydrogen-bond acceptors (Lipinski definition) is 4. The number of nitrogens with zero attached hydrogens (tertiary/aromatic N) is 2. The van der Waals surface area contributed by atoms with E-state index in [1.165, 1.54) is 16.3 Å². The predicted octanol–water partition coefficient (Wildman–Crippen LogP) is 3.83. The Morgan fingerprint density at radius 3 is 2.70 bits per heavy atom. The number of benzene rings is 2. The van der Waals surface area contributed by atoms with Crippen LogP contribution in [0.25, 0.3) is 10.8 Å². The summed E-state index contributed by atoms with van der Waals surface area (Å²) in [6.45, 7) is 0. The second kappa shape index (κ2) is 4.65. The van der Waals surface area contributed by atoms with Gasteiger partial charge in [-0.1, -0.05) is 47.6 Å². The van der Waals surface area contributed by atoms with E-state index in [4.69, 9.17) is 10.3 Å². The molecule has 0 spiro atoms. The van der Waals surface area contributed by atoms with Crippen molar-refractivity contribution in [1.82, 2.24) is 10.1 Å². The standard InChI is InChI=1S/C19H19N3O/c20-19(9-4-10-19)18-21-17(23-22-18)16-11-15(16)14-8-3-6-12-5-1-2-7-13(12)14/h1-3,5-8,15-16H,4,9-11,20H2. The second-order valence-corrected chi connectivity index (χ2v) is 6.98. The molecule has 2 fully saturated rings. The third-order valence-electron chi connectivity index (χ3n) is 5.46. The van der Waals surface area contributed by atoms with Crippen molar-refractivity contribution in [2.45, 2.75) is 43.1 Å². The van der Waals surface area contributed by atoms with E-state index in [0.29, 0.717) is 17.7 Å². The summed E-state index contributed by atoms with van der Waals surface area (Å²) in [6, 6.07) is 15.1. The molecule has 0 radical (unpaired) electrons. The minimum atomic E-state index is -0.342. The maximum atomic E-state index is 6.29. The van der Waals surface area contributed by atoms with Crippen LogP contribution in [0.5, 0.6) is 0 Å². The van der Waals surface area contributed by atoms with Crippen molar-refractivity contribution < 1.29 is 4.52 Å². The molecule has 0 saturated heterocycles. The van der Waals surface area contributed by atoms with Crippen LogP contribution in [0.15, 0.2) is 47.0 Å². The molecular formula is C19H19N3O. The van der Waals surface area contributed by atoms with Crippen LogP contribution < -0.4 is 5.73 Å². The van der Waals surface area contributed by atoms with Gasteiger partial charge in [-0.05, 0) is 47.9 Å². The van der Waals surface area contributed by atoms with Crippen LogP contribution in [0.3, 0.4) is 0 Å². The average Bonchev–Trinajstić information content (AvgIpc) is 3.20. The molecule has 2 aromatic carbocycles. The minimum absolute atomic E-state index is 0.339. The Hall–Kier alpha value is -2.20. The predicted molar refractivity (Wildman–Crippen MR) is 88.1 cm³/mol. The van der Waals surface area contributed by atoms with Crippen LogP contribution in [-0.4, -0.2) is 10.1 Å². The van der Waals surface area contributed by atoms with Gasteiger partial charge in [-0.25, -0.2) is 0 Å². The van der Waals surface area contributed by atoms with Crippen LogP contribution in [0.2, 0.25) is 0 Å². The summed E-state index contributed by atoms with van der Waals surface area (Å²) in [5.41, 5.74) is 7.34. The van der Waals surface area contributed by atoms with E-state index in [2.05, 4.69) is 52.6 Å². The molecular weight excluding hydrogens is 286 g/mol. The smallest absolute Gasteiger partial charge is 0.230 e. The van der Waals surface area contributed by atoms with E-state index >= 15 is 0 Å². The molecule has 2 aliphatic rings. The van der Waals surface area contributed by atoms with E-state index < -0.39 is 0 Å². The van der Waals surface area contributed by atoms with Gasteiger partial charge >= 0.3 is 0 Å². The summed E-state index contributed by atoms with van der Waals surface area (Å²) in [6.07, 6.45) is 4.16. The molecule has 0 aliphatic heterocycles. The Kier molecular flexibility index (Phi) is 2.68. The molecule has 2 saturated carbocycles. The van der Waals surface area contributed by atoms with E-state index in [1.54, 1.807) is 0 Å². The van der Waals surface area contributed by atoms with Gasteiger partial charge in [0.2, 0.25) is 5.89 Å². The summed E-state index contributed by atoms with van der Waals surface area (Å²) < 4.78 is 5.53. The van der Waals surface area contributed by atoms with Gasteiger partial charge in [0.1, 0.15) is 0 Å². The van der Waals surface area contributed by atoms with Crippen molar-refractivity contribution in [3.63, 3.8) is 0 Å². The van der Waals surface area contributed by atoms with Gasteiger partial charge in [0, 0.05) is 5.92 Å². The van der Waals surface area contributed by atoms with Crippen molar-refractivity contribution in [2.24, 2.45) is 5.73 Å².